The van der Waals surface area contributed by atoms with Gasteiger partial charge in [-0.3, -0.25) is 9.59 Å². The van der Waals surface area contributed by atoms with Crippen molar-refractivity contribution in [1.82, 2.24) is 14.5 Å². The van der Waals surface area contributed by atoms with Gasteiger partial charge < -0.3 is 15.0 Å². The first-order valence-corrected chi connectivity index (χ1v) is 12.1. The first-order chi connectivity index (χ1) is 13.8. The third-order valence-electron chi connectivity index (χ3n) is 6.18. The Labute approximate surface area is 175 Å². The number of rotatable bonds is 4. The van der Waals surface area contributed by atoms with Crippen LogP contribution < -0.4 is 10.1 Å². The molecule has 1 unspecified atom stereocenters. The van der Waals surface area contributed by atoms with Crippen LogP contribution in [-0.2, 0) is 14.8 Å². The van der Waals surface area contributed by atoms with Crippen LogP contribution in [0.25, 0.3) is 0 Å². The van der Waals surface area contributed by atoms with Gasteiger partial charge in [-0.2, -0.15) is 4.31 Å². The summed E-state index contributed by atoms with van der Waals surface area (Å²) in [6.45, 7) is 2.18. The summed E-state index contributed by atoms with van der Waals surface area (Å²) in [5.74, 6) is 0.974. The Morgan fingerprint density at radius 2 is 1.97 bits per heavy atom. The largest absolute Gasteiger partial charge is 0.497 e. The van der Waals surface area contributed by atoms with Crippen molar-refractivity contribution >= 4 is 32.9 Å². The predicted molar refractivity (Wildman–Crippen MR) is 109 cm³/mol. The van der Waals surface area contributed by atoms with E-state index < -0.39 is 16.1 Å². The second kappa shape index (κ2) is 7.81. The Balaban J connectivity index is 1.39. The Kier molecular flexibility index (Phi) is 5.52. The number of methoxy groups -OCH3 is 1. The molecule has 29 heavy (non-hydrogen) atoms. The standard InChI is InChI=1S/C19H25N3O5S2/c1-27-14-3-2-4-15(11-14)29(25,26)22-9-6-19(7-10-22)5-8-21(13-19)17(23)16-12-28-18(24)20-16/h2-4,11,16H,5-10,12-13H2,1H3,(H,20,24). The fourth-order valence-corrected chi connectivity index (χ4v) is 6.63. The topological polar surface area (TPSA) is 96.0 Å². The number of carbonyl (C=O) groups excluding carboxylic acids is 2. The summed E-state index contributed by atoms with van der Waals surface area (Å²) in [6, 6.07) is 6.10. The van der Waals surface area contributed by atoms with Gasteiger partial charge in [0.1, 0.15) is 11.8 Å². The number of piperidine rings is 1. The molecule has 4 rings (SSSR count). The number of nitrogens with one attached hydrogen (secondary N) is 1. The molecule has 0 radical (unpaired) electrons. The fourth-order valence-electron chi connectivity index (χ4n) is 4.38. The smallest absolute Gasteiger partial charge is 0.279 e. The Bertz CT molecular complexity index is 912. The average Bonchev–Trinajstić information content (AvgIpc) is 3.35. The second-order valence-corrected chi connectivity index (χ2v) is 10.8. The maximum absolute atomic E-state index is 13.0. The summed E-state index contributed by atoms with van der Waals surface area (Å²) in [4.78, 5) is 26.1. The number of nitrogens with zero attached hydrogens (tertiary/aromatic N) is 2. The minimum atomic E-state index is -3.57. The molecule has 3 heterocycles. The lowest BCUT2D eigenvalue weighted by Gasteiger charge is -2.38. The van der Waals surface area contributed by atoms with E-state index in [1.54, 1.807) is 24.3 Å². The summed E-state index contributed by atoms with van der Waals surface area (Å²) in [5, 5.41) is 2.57. The molecule has 1 N–H and O–H groups in total. The first kappa shape index (κ1) is 20.5. The summed E-state index contributed by atoms with van der Waals surface area (Å²) in [7, 11) is -2.05. The van der Waals surface area contributed by atoms with E-state index in [0.29, 0.717) is 37.7 Å². The lowest BCUT2D eigenvalue weighted by Crippen LogP contribution is -2.47. The van der Waals surface area contributed by atoms with Crippen molar-refractivity contribution in [1.29, 1.82) is 0 Å². The average molecular weight is 440 g/mol. The Morgan fingerprint density at radius 1 is 1.24 bits per heavy atom. The monoisotopic (exact) mass is 439 g/mol. The number of benzene rings is 1. The maximum Gasteiger partial charge on any atom is 0.279 e. The molecule has 2 amide bonds. The van der Waals surface area contributed by atoms with Crippen LogP contribution in [0, 0.1) is 5.41 Å². The van der Waals surface area contributed by atoms with E-state index in [2.05, 4.69) is 5.32 Å². The molecular formula is C19H25N3O5S2. The molecule has 0 aromatic heterocycles. The van der Waals surface area contributed by atoms with Gasteiger partial charge in [0.25, 0.3) is 5.24 Å². The van der Waals surface area contributed by atoms with Gasteiger partial charge in [0, 0.05) is 38.0 Å². The summed E-state index contributed by atoms with van der Waals surface area (Å²) < 4.78 is 32.7. The fraction of sp³-hybridized carbons (Fsp3) is 0.579. The van der Waals surface area contributed by atoms with Crippen LogP contribution in [0.5, 0.6) is 5.75 Å². The molecule has 3 aliphatic heterocycles. The van der Waals surface area contributed by atoms with Crippen molar-refractivity contribution in [3.63, 3.8) is 0 Å². The number of ether oxygens (including phenoxy) is 1. The number of thioether (sulfide) groups is 1. The zero-order valence-electron chi connectivity index (χ0n) is 16.3. The zero-order chi connectivity index (χ0) is 20.6. The molecule has 3 fully saturated rings. The van der Waals surface area contributed by atoms with E-state index >= 15 is 0 Å². The van der Waals surface area contributed by atoms with Crippen LogP contribution in [0.1, 0.15) is 19.3 Å². The van der Waals surface area contributed by atoms with Crippen LogP contribution in [0.2, 0.25) is 0 Å². The van der Waals surface area contributed by atoms with E-state index in [9.17, 15) is 18.0 Å². The molecule has 1 aromatic rings. The van der Waals surface area contributed by atoms with E-state index in [-0.39, 0.29) is 21.5 Å². The van der Waals surface area contributed by atoms with Crippen molar-refractivity contribution < 1.29 is 22.7 Å². The SMILES string of the molecule is COc1cccc(S(=O)(=O)N2CCC3(CCN(C(=O)C4CSC(=O)N4)C3)CC2)c1. The van der Waals surface area contributed by atoms with Crippen LogP contribution in [0.4, 0.5) is 4.79 Å². The Morgan fingerprint density at radius 3 is 2.62 bits per heavy atom. The normalized spacial score (nSPS) is 24.7. The second-order valence-electron chi connectivity index (χ2n) is 7.89. The molecule has 10 heteroatoms. The lowest BCUT2D eigenvalue weighted by molar-refractivity contribution is -0.132. The van der Waals surface area contributed by atoms with Crippen molar-refractivity contribution in [3.05, 3.63) is 24.3 Å². The minimum Gasteiger partial charge on any atom is -0.497 e. The number of hydrogen-bond donors (Lipinski definition) is 1. The maximum atomic E-state index is 13.0. The number of carbonyl (C=O) groups is 2. The highest BCUT2D eigenvalue weighted by atomic mass is 32.2. The van der Waals surface area contributed by atoms with Gasteiger partial charge in [-0.1, -0.05) is 17.8 Å². The quantitative estimate of drug-likeness (QED) is 0.764. The highest BCUT2D eigenvalue weighted by Crippen LogP contribution is 2.42. The third-order valence-corrected chi connectivity index (χ3v) is 8.96. The summed E-state index contributed by atoms with van der Waals surface area (Å²) in [6.07, 6.45) is 2.33. The van der Waals surface area contributed by atoms with Crippen LogP contribution in [-0.4, -0.2) is 73.9 Å². The van der Waals surface area contributed by atoms with Gasteiger partial charge in [-0.05, 0) is 36.8 Å². The first-order valence-electron chi connectivity index (χ1n) is 9.69. The summed E-state index contributed by atoms with van der Waals surface area (Å²) in [5.41, 5.74) is -0.0359. The molecule has 1 atom stereocenters. The molecule has 1 aromatic carbocycles. The number of likely N-dealkylation sites (tertiary alicyclic amines) is 1. The molecule has 8 nitrogen and oxygen atoms in total. The number of amides is 2. The molecular weight excluding hydrogens is 414 g/mol. The van der Waals surface area contributed by atoms with Crippen LogP contribution in [0.3, 0.4) is 0 Å². The van der Waals surface area contributed by atoms with Gasteiger partial charge in [-0.25, -0.2) is 8.42 Å². The van der Waals surface area contributed by atoms with Gasteiger partial charge in [0.15, 0.2) is 0 Å². The molecule has 0 aliphatic carbocycles. The summed E-state index contributed by atoms with van der Waals surface area (Å²) >= 11 is 1.14. The third kappa shape index (κ3) is 3.97. The van der Waals surface area contributed by atoms with E-state index in [4.69, 9.17) is 4.74 Å². The predicted octanol–water partition coefficient (Wildman–Crippen LogP) is 1.52. The molecule has 0 saturated carbocycles. The van der Waals surface area contributed by atoms with Crippen molar-refractivity contribution in [2.45, 2.75) is 30.2 Å². The lowest BCUT2D eigenvalue weighted by atomic mass is 9.78. The van der Waals surface area contributed by atoms with Gasteiger partial charge in [0.05, 0.1) is 12.0 Å². The number of sulfonamides is 1. The highest BCUT2D eigenvalue weighted by molar-refractivity contribution is 8.14. The van der Waals surface area contributed by atoms with Crippen LogP contribution in [0.15, 0.2) is 29.2 Å². The van der Waals surface area contributed by atoms with Crippen LogP contribution >= 0.6 is 11.8 Å². The van der Waals surface area contributed by atoms with Gasteiger partial charge >= 0.3 is 0 Å². The minimum absolute atomic E-state index is 0.0216. The van der Waals surface area contributed by atoms with E-state index in [1.807, 2.05) is 4.90 Å². The van der Waals surface area contributed by atoms with Crippen molar-refractivity contribution in [3.8, 4) is 5.75 Å². The molecule has 158 valence electrons. The molecule has 0 bridgehead atoms. The molecule has 1 spiro atoms. The molecule has 3 aliphatic rings. The van der Waals surface area contributed by atoms with E-state index in [1.165, 1.54) is 11.4 Å². The highest BCUT2D eigenvalue weighted by Gasteiger charge is 2.45. The van der Waals surface area contributed by atoms with Gasteiger partial charge in [0.2, 0.25) is 15.9 Å². The molecule has 3 saturated heterocycles. The zero-order valence-corrected chi connectivity index (χ0v) is 17.9. The van der Waals surface area contributed by atoms with Crippen molar-refractivity contribution in [2.75, 3.05) is 39.0 Å². The van der Waals surface area contributed by atoms with Crippen molar-refractivity contribution in [2.24, 2.45) is 5.41 Å². The Hall–Kier alpha value is -1.78. The van der Waals surface area contributed by atoms with Gasteiger partial charge in [-0.15, -0.1) is 0 Å². The van der Waals surface area contributed by atoms with E-state index in [0.717, 1.165) is 31.0 Å². The number of hydrogen-bond acceptors (Lipinski definition) is 6.